The molecule has 1 unspecified atom stereocenters. The van der Waals surface area contributed by atoms with Crippen molar-refractivity contribution in [2.45, 2.75) is 33.1 Å². The van der Waals surface area contributed by atoms with Gasteiger partial charge in [0.15, 0.2) is 0 Å². The van der Waals surface area contributed by atoms with Crippen LogP contribution in [0.1, 0.15) is 32.3 Å². The molecule has 0 saturated heterocycles. The molecule has 13 heavy (non-hydrogen) atoms. The van der Waals surface area contributed by atoms with Crippen molar-refractivity contribution in [3.05, 3.63) is 29.8 Å². The third-order valence-electron chi connectivity index (χ3n) is 2.60. The number of hydrogen-bond acceptors (Lipinski definition) is 1. The van der Waals surface area contributed by atoms with E-state index in [1.807, 2.05) is 12.1 Å². The van der Waals surface area contributed by atoms with Gasteiger partial charge in [-0.15, -0.1) is 0 Å². The number of benzene rings is 1. The first-order chi connectivity index (χ1) is 6.22. The van der Waals surface area contributed by atoms with Crippen molar-refractivity contribution in [2.24, 2.45) is 5.92 Å². The Labute approximate surface area is 81.0 Å². The van der Waals surface area contributed by atoms with Gasteiger partial charge in [0.25, 0.3) is 0 Å². The molecule has 0 spiro atoms. The fraction of sp³-hybridized carbons (Fsp3) is 0.500. The van der Waals surface area contributed by atoms with Gasteiger partial charge < -0.3 is 5.73 Å². The van der Waals surface area contributed by atoms with Gasteiger partial charge in [0, 0.05) is 5.69 Å². The Morgan fingerprint density at radius 3 is 2.38 bits per heavy atom. The highest BCUT2D eigenvalue weighted by atomic mass is 14.5. The fourth-order valence-electron chi connectivity index (χ4n) is 1.30. The molecule has 0 bridgehead atoms. The van der Waals surface area contributed by atoms with E-state index < -0.39 is 0 Å². The Hall–Kier alpha value is -0.980. The van der Waals surface area contributed by atoms with Gasteiger partial charge in [-0.1, -0.05) is 32.4 Å². The zero-order chi connectivity index (χ0) is 9.68. The molecule has 1 aromatic rings. The van der Waals surface area contributed by atoms with Crippen molar-refractivity contribution in [2.75, 3.05) is 5.73 Å². The second-order valence-corrected chi connectivity index (χ2v) is 3.79. The number of rotatable bonds is 4. The van der Waals surface area contributed by atoms with Crippen LogP contribution in [0.2, 0.25) is 0 Å². The highest BCUT2D eigenvalue weighted by Crippen LogP contribution is 2.13. The van der Waals surface area contributed by atoms with Crippen LogP contribution in [0.4, 0.5) is 5.69 Å². The van der Waals surface area contributed by atoms with Crippen LogP contribution < -0.4 is 5.73 Å². The number of anilines is 1. The lowest BCUT2D eigenvalue weighted by Gasteiger charge is -2.07. The molecule has 1 atom stereocenters. The molecule has 2 N–H and O–H groups in total. The normalized spacial score (nSPS) is 12.8. The predicted molar refractivity (Wildman–Crippen MR) is 58.6 cm³/mol. The molecule has 1 aromatic carbocycles. The van der Waals surface area contributed by atoms with Crippen molar-refractivity contribution in [1.82, 2.24) is 0 Å². The van der Waals surface area contributed by atoms with Crippen LogP contribution in [0.5, 0.6) is 0 Å². The fourth-order valence-corrected chi connectivity index (χ4v) is 1.30. The van der Waals surface area contributed by atoms with Crippen molar-refractivity contribution < 1.29 is 0 Å². The van der Waals surface area contributed by atoms with E-state index in [9.17, 15) is 0 Å². The van der Waals surface area contributed by atoms with Gasteiger partial charge >= 0.3 is 0 Å². The first-order valence-corrected chi connectivity index (χ1v) is 5.06. The molecule has 0 aliphatic rings. The molecule has 0 heterocycles. The van der Waals surface area contributed by atoms with Gasteiger partial charge in [-0.05, 0) is 36.5 Å². The van der Waals surface area contributed by atoms with Crippen molar-refractivity contribution >= 4 is 5.69 Å². The lowest BCUT2D eigenvalue weighted by atomic mass is 9.99. The molecule has 1 nitrogen and oxygen atoms in total. The predicted octanol–water partition coefficient (Wildman–Crippen LogP) is 3.25. The average Bonchev–Trinajstić information content (AvgIpc) is 2.16. The van der Waals surface area contributed by atoms with Gasteiger partial charge in [0.2, 0.25) is 0 Å². The van der Waals surface area contributed by atoms with Crippen LogP contribution in [0.15, 0.2) is 24.3 Å². The maximum Gasteiger partial charge on any atom is 0.0314 e. The minimum absolute atomic E-state index is 0.831. The highest BCUT2D eigenvalue weighted by Gasteiger charge is 1.99. The molecule has 0 radical (unpaired) electrons. The van der Waals surface area contributed by atoms with Crippen LogP contribution in [-0.2, 0) is 6.42 Å². The zero-order valence-corrected chi connectivity index (χ0v) is 8.59. The van der Waals surface area contributed by atoms with Gasteiger partial charge in [-0.3, -0.25) is 0 Å². The smallest absolute Gasteiger partial charge is 0.0314 e. The molecule has 1 heteroatoms. The maximum absolute atomic E-state index is 5.61. The van der Waals surface area contributed by atoms with Crippen molar-refractivity contribution in [3.8, 4) is 0 Å². The summed E-state index contributed by atoms with van der Waals surface area (Å²) < 4.78 is 0. The van der Waals surface area contributed by atoms with Gasteiger partial charge in [-0.2, -0.15) is 0 Å². The summed E-state index contributed by atoms with van der Waals surface area (Å²) in [5.74, 6) is 0.831. The van der Waals surface area contributed by atoms with E-state index in [1.54, 1.807) is 0 Å². The Kier molecular flexibility index (Phi) is 3.81. The Balaban J connectivity index is 2.41. The number of nitrogen functional groups attached to an aromatic ring is 1. The molecule has 0 amide bonds. The molecular weight excluding hydrogens is 158 g/mol. The van der Waals surface area contributed by atoms with Crippen LogP contribution in [0.25, 0.3) is 0 Å². The van der Waals surface area contributed by atoms with Gasteiger partial charge in [0.05, 0.1) is 0 Å². The van der Waals surface area contributed by atoms with Crippen molar-refractivity contribution in [1.29, 1.82) is 0 Å². The molecule has 72 valence electrons. The van der Waals surface area contributed by atoms with E-state index in [1.165, 1.54) is 24.8 Å². The molecule has 0 aliphatic heterocycles. The first-order valence-electron chi connectivity index (χ1n) is 5.06. The second kappa shape index (κ2) is 4.90. The number of aryl methyl sites for hydroxylation is 1. The monoisotopic (exact) mass is 177 g/mol. The summed E-state index contributed by atoms with van der Waals surface area (Å²) in [6, 6.07) is 8.20. The quantitative estimate of drug-likeness (QED) is 0.702. The minimum atomic E-state index is 0.831. The average molecular weight is 177 g/mol. The third-order valence-corrected chi connectivity index (χ3v) is 2.60. The number of nitrogens with two attached hydrogens (primary N) is 1. The maximum atomic E-state index is 5.61. The van der Waals surface area contributed by atoms with Crippen molar-refractivity contribution in [3.63, 3.8) is 0 Å². The van der Waals surface area contributed by atoms with E-state index in [4.69, 9.17) is 5.73 Å². The van der Waals surface area contributed by atoms with E-state index >= 15 is 0 Å². The first kappa shape index (κ1) is 10.1. The molecule has 1 rings (SSSR count). The van der Waals surface area contributed by atoms with E-state index in [2.05, 4.69) is 26.0 Å². The SMILES string of the molecule is CCC(C)CCc1ccc(N)cc1. The summed E-state index contributed by atoms with van der Waals surface area (Å²) in [6.07, 6.45) is 3.73. The van der Waals surface area contributed by atoms with Crippen LogP contribution in [-0.4, -0.2) is 0 Å². The van der Waals surface area contributed by atoms with Gasteiger partial charge in [-0.25, -0.2) is 0 Å². The molecule has 0 fully saturated rings. The largest absolute Gasteiger partial charge is 0.399 e. The summed E-state index contributed by atoms with van der Waals surface area (Å²) in [5, 5.41) is 0. The van der Waals surface area contributed by atoms with Gasteiger partial charge in [0.1, 0.15) is 0 Å². The highest BCUT2D eigenvalue weighted by molar-refractivity contribution is 5.39. The Morgan fingerprint density at radius 1 is 1.23 bits per heavy atom. The Bertz CT molecular complexity index is 238. The molecular formula is C12H19N. The summed E-state index contributed by atoms with van der Waals surface area (Å²) in [6.45, 7) is 4.55. The van der Waals surface area contributed by atoms with Crippen LogP contribution >= 0.6 is 0 Å². The minimum Gasteiger partial charge on any atom is -0.399 e. The zero-order valence-electron chi connectivity index (χ0n) is 8.59. The van der Waals surface area contributed by atoms with E-state index in [-0.39, 0.29) is 0 Å². The summed E-state index contributed by atoms with van der Waals surface area (Å²) in [5.41, 5.74) is 7.86. The standard InChI is InChI=1S/C12H19N/c1-3-10(2)4-5-11-6-8-12(13)9-7-11/h6-10H,3-5,13H2,1-2H3. The van der Waals surface area contributed by atoms with E-state index in [0.717, 1.165) is 11.6 Å². The van der Waals surface area contributed by atoms with Crippen LogP contribution in [0.3, 0.4) is 0 Å². The molecule has 0 aliphatic carbocycles. The summed E-state index contributed by atoms with van der Waals surface area (Å²) in [7, 11) is 0. The topological polar surface area (TPSA) is 26.0 Å². The number of hydrogen-bond donors (Lipinski definition) is 1. The summed E-state index contributed by atoms with van der Waals surface area (Å²) >= 11 is 0. The Morgan fingerprint density at radius 2 is 1.85 bits per heavy atom. The second-order valence-electron chi connectivity index (χ2n) is 3.79. The molecule has 0 aromatic heterocycles. The van der Waals surface area contributed by atoms with E-state index in [0.29, 0.717) is 0 Å². The summed E-state index contributed by atoms with van der Waals surface area (Å²) in [4.78, 5) is 0. The third kappa shape index (κ3) is 3.49. The lowest BCUT2D eigenvalue weighted by Crippen LogP contribution is -1.95. The lowest BCUT2D eigenvalue weighted by molar-refractivity contribution is 0.516. The van der Waals surface area contributed by atoms with Crippen LogP contribution in [0, 0.1) is 5.92 Å². The molecule has 0 saturated carbocycles.